The maximum absolute atomic E-state index is 12.6. The predicted octanol–water partition coefficient (Wildman–Crippen LogP) is 2.66. The number of likely N-dealkylation sites (tertiary alicyclic amines) is 1. The fraction of sp³-hybridized carbons (Fsp3) is 0.632. The van der Waals surface area contributed by atoms with E-state index in [9.17, 15) is 13.2 Å². The molecule has 138 valence electrons. The minimum absolute atomic E-state index is 0.0466. The van der Waals surface area contributed by atoms with Gasteiger partial charge in [0.1, 0.15) is 0 Å². The Bertz CT molecular complexity index is 703. The number of carbonyl (C=O) groups is 1. The van der Waals surface area contributed by atoms with Crippen LogP contribution < -0.4 is 0 Å². The summed E-state index contributed by atoms with van der Waals surface area (Å²) >= 11 is 0. The van der Waals surface area contributed by atoms with Gasteiger partial charge >= 0.3 is 0 Å². The number of amides is 1. The van der Waals surface area contributed by atoms with E-state index >= 15 is 0 Å². The van der Waals surface area contributed by atoms with E-state index in [1.807, 2.05) is 4.90 Å². The number of carbonyl (C=O) groups excluding carboxylic acids is 1. The van der Waals surface area contributed by atoms with Crippen LogP contribution in [0.5, 0.6) is 0 Å². The number of ether oxygens (including phenoxy) is 1. The first-order chi connectivity index (χ1) is 12.0. The molecule has 0 radical (unpaired) electrons. The lowest BCUT2D eigenvalue weighted by Crippen LogP contribution is -2.50. The van der Waals surface area contributed by atoms with Crippen molar-refractivity contribution in [2.75, 3.05) is 26.0 Å². The Morgan fingerprint density at radius 2 is 1.96 bits per heavy atom. The second-order valence-electron chi connectivity index (χ2n) is 7.28. The molecule has 2 fully saturated rings. The van der Waals surface area contributed by atoms with E-state index in [-0.39, 0.29) is 34.5 Å². The number of methoxy groups -OCH3 is 1. The Hall–Kier alpha value is -1.40. The van der Waals surface area contributed by atoms with Gasteiger partial charge in [0.25, 0.3) is 0 Å². The summed E-state index contributed by atoms with van der Waals surface area (Å²) < 4.78 is 30.4. The van der Waals surface area contributed by atoms with E-state index in [1.165, 1.54) is 0 Å². The molecule has 3 rings (SSSR count). The van der Waals surface area contributed by atoms with Crippen molar-refractivity contribution in [2.45, 2.75) is 49.5 Å². The minimum atomic E-state index is -3.41. The first kappa shape index (κ1) is 18.4. The average molecular weight is 365 g/mol. The molecule has 0 bridgehead atoms. The highest BCUT2D eigenvalue weighted by atomic mass is 32.2. The molecule has 25 heavy (non-hydrogen) atoms. The van der Waals surface area contributed by atoms with E-state index in [0.717, 1.165) is 38.6 Å². The third kappa shape index (κ3) is 3.90. The molecule has 1 amide bonds. The summed E-state index contributed by atoms with van der Waals surface area (Å²) in [7, 11) is -1.65. The Kier molecular flexibility index (Phi) is 5.49. The van der Waals surface area contributed by atoms with Crippen molar-refractivity contribution in [3.05, 3.63) is 30.3 Å². The lowest BCUT2D eigenvalue weighted by atomic mass is 9.76. The second kappa shape index (κ2) is 7.46. The zero-order valence-corrected chi connectivity index (χ0v) is 15.6. The molecule has 6 heteroatoms. The van der Waals surface area contributed by atoms with Gasteiger partial charge in [0.2, 0.25) is 5.91 Å². The highest BCUT2D eigenvalue weighted by molar-refractivity contribution is 7.91. The monoisotopic (exact) mass is 365 g/mol. The Labute approximate surface area is 150 Å². The van der Waals surface area contributed by atoms with Crippen LogP contribution in [0.3, 0.4) is 0 Å². The topological polar surface area (TPSA) is 63.7 Å². The van der Waals surface area contributed by atoms with Crippen LogP contribution in [0.2, 0.25) is 0 Å². The van der Waals surface area contributed by atoms with Crippen molar-refractivity contribution in [3.63, 3.8) is 0 Å². The van der Waals surface area contributed by atoms with Gasteiger partial charge in [-0.3, -0.25) is 4.79 Å². The zero-order chi connectivity index (χ0) is 17.9. The summed E-state index contributed by atoms with van der Waals surface area (Å²) in [6.45, 7) is 1.43. The molecule has 1 aliphatic carbocycles. The van der Waals surface area contributed by atoms with Crippen LogP contribution in [0.15, 0.2) is 35.2 Å². The van der Waals surface area contributed by atoms with Gasteiger partial charge in [-0.15, -0.1) is 0 Å². The van der Waals surface area contributed by atoms with Crippen molar-refractivity contribution < 1.29 is 17.9 Å². The van der Waals surface area contributed by atoms with Gasteiger partial charge in [-0.25, -0.2) is 8.42 Å². The molecule has 1 aromatic rings. The third-order valence-electron chi connectivity index (χ3n) is 5.76. The molecular formula is C19H27NO4S. The summed E-state index contributed by atoms with van der Waals surface area (Å²) in [6, 6.07) is 8.35. The fourth-order valence-electron chi connectivity index (χ4n) is 4.44. The van der Waals surface area contributed by atoms with Crippen LogP contribution in [0.1, 0.15) is 38.5 Å². The van der Waals surface area contributed by atoms with Crippen LogP contribution >= 0.6 is 0 Å². The molecule has 1 heterocycles. The van der Waals surface area contributed by atoms with Crippen molar-refractivity contribution >= 4 is 15.7 Å². The second-order valence-corrected chi connectivity index (χ2v) is 9.39. The Morgan fingerprint density at radius 1 is 1.24 bits per heavy atom. The molecule has 0 unspecified atom stereocenters. The number of rotatable bonds is 5. The van der Waals surface area contributed by atoms with E-state index in [1.54, 1.807) is 37.4 Å². The molecule has 1 saturated heterocycles. The highest BCUT2D eigenvalue weighted by Gasteiger charge is 2.46. The maximum Gasteiger partial charge on any atom is 0.223 e. The van der Waals surface area contributed by atoms with E-state index in [2.05, 4.69) is 0 Å². The van der Waals surface area contributed by atoms with E-state index in [0.29, 0.717) is 6.54 Å². The van der Waals surface area contributed by atoms with Gasteiger partial charge in [0.15, 0.2) is 9.84 Å². The average Bonchev–Trinajstić information content (AvgIpc) is 3.02. The maximum atomic E-state index is 12.6. The van der Waals surface area contributed by atoms with Crippen molar-refractivity contribution in [3.8, 4) is 0 Å². The molecule has 1 aliphatic heterocycles. The standard InChI is InChI=1S/C19H27NO4S/c1-24-17-9-5-11-19(17)12-6-13-20(15-19)18(21)10-14-25(22,23)16-7-3-2-4-8-16/h2-4,7-8,17H,5-6,9-15H2,1H3/t17-,19-/m1/s1. The first-order valence-electron chi connectivity index (χ1n) is 9.05. The van der Waals surface area contributed by atoms with E-state index in [4.69, 9.17) is 4.74 Å². The molecule has 1 aromatic carbocycles. The van der Waals surface area contributed by atoms with Gasteiger partial charge in [-0.2, -0.15) is 0 Å². The number of hydrogen-bond acceptors (Lipinski definition) is 4. The number of benzene rings is 1. The van der Waals surface area contributed by atoms with Crippen molar-refractivity contribution in [2.24, 2.45) is 5.41 Å². The Balaban J connectivity index is 1.62. The summed E-state index contributed by atoms with van der Waals surface area (Å²) in [6.07, 6.45) is 5.62. The lowest BCUT2D eigenvalue weighted by molar-refractivity contribution is -0.136. The van der Waals surface area contributed by atoms with Crippen LogP contribution in [-0.4, -0.2) is 51.3 Å². The first-order valence-corrected chi connectivity index (χ1v) is 10.7. The summed E-state index contributed by atoms with van der Waals surface area (Å²) in [5, 5.41) is 0. The van der Waals surface area contributed by atoms with Crippen LogP contribution in [0.4, 0.5) is 0 Å². The van der Waals surface area contributed by atoms with Gasteiger partial charge in [0, 0.05) is 32.0 Å². The van der Waals surface area contributed by atoms with Gasteiger partial charge < -0.3 is 9.64 Å². The highest BCUT2D eigenvalue weighted by Crippen LogP contribution is 2.46. The van der Waals surface area contributed by atoms with Gasteiger partial charge in [-0.05, 0) is 37.8 Å². The van der Waals surface area contributed by atoms with E-state index < -0.39 is 9.84 Å². The molecule has 1 spiro atoms. The minimum Gasteiger partial charge on any atom is -0.381 e. The van der Waals surface area contributed by atoms with Crippen molar-refractivity contribution in [1.29, 1.82) is 0 Å². The quantitative estimate of drug-likeness (QED) is 0.805. The number of sulfone groups is 1. The van der Waals surface area contributed by atoms with Crippen LogP contribution in [0.25, 0.3) is 0 Å². The number of piperidine rings is 1. The number of nitrogens with zero attached hydrogens (tertiary/aromatic N) is 1. The molecular weight excluding hydrogens is 338 g/mol. The Morgan fingerprint density at radius 3 is 2.68 bits per heavy atom. The van der Waals surface area contributed by atoms with Gasteiger partial charge in [-0.1, -0.05) is 24.6 Å². The molecule has 0 N–H and O–H groups in total. The molecule has 5 nitrogen and oxygen atoms in total. The molecule has 2 aliphatic rings. The summed E-state index contributed by atoms with van der Waals surface area (Å²) in [4.78, 5) is 14.8. The SMILES string of the molecule is CO[C@@H]1CCC[C@]12CCCN(C(=O)CCS(=O)(=O)c1ccccc1)C2. The largest absolute Gasteiger partial charge is 0.381 e. The summed E-state index contributed by atoms with van der Waals surface area (Å²) in [5.41, 5.74) is 0.0704. The molecule has 1 saturated carbocycles. The molecule has 0 aromatic heterocycles. The fourth-order valence-corrected chi connectivity index (χ4v) is 5.69. The lowest BCUT2D eigenvalue weighted by Gasteiger charge is -2.43. The van der Waals surface area contributed by atoms with Crippen LogP contribution in [0, 0.1) is 5.41 Å². The number of hydrogen-bond donors (Lipinski definition) is 0. The van der Waals surface area contributed by atoms with Crippen molar-refractivity contribution in [1.82, 2.24) is 4.90 Å². The normalized spacial score (nSPS) is 26.9. The zero-order valence-electron chi connectivity index (χ0n) is 14.8. The van der Waals surface area contributed by atoms with Gasteiger partial charge in [0.05, 0.1) is 16.8 Å². The summed E-state index contributed by atoms with van der Waals surface area (Å²) in [5.74, 6) is -0.187. The third-order valence-corrected chi connectivity index (χ3v) is 7.49. The molecule has 2 atom stereocenters. The predicted molar refractivity (Wildman–Crippen MR) is 96.0 cm³/mol. The smallest absolute Gasteiger partial charge is 0.223 e. The van der Waals surface area contributed by atoms with Crippen LogP contribution in [-0.2, 0) is 19.4 Å².